The van der Waals surface area contributed by atoms with E-state index >= 15 is 0 Å². The minimum Gasteiger partial charge on any atom is -0.497 e. The second kappa shape index (κ2) is 5.32. The zero-order valence-corrected chi connectivity index (χ0v) is 10.7. The van der Waals surface area contributed by atoms with Crippen LogP contribution < -0.4 is 15.8 Å². The first-order valence-electron chi connectivity index (χ1n) is 5.78. The number of benzene rings is 2. The highest BCUT2D eigenvalue weighted by Gasteiger charge is 2.29. The second-order valence-corrected chi connectivity index (χ2v) is 4.15. The molecule has 3 nitrogen and oxygen atoms in total. The standard InChI is InChI=1S/C14H13F3N2O/c1-20-11-6-7-13(12(18)8-11)19-10-4-2-9(3-5-10)14(15,16)17/h2-8,19H,18H2,1H3. The summed E-state index contributed by atoms with van der Waals surface area (Å²) < 4.78 is 42.3. The van der Waals surface area contributed by atoms with E-state index in [1.165, 1.54) is 19.2 Å². The Bertz CT molecular complexity index is 594. The van der Waals surface area contributed by atoms with Gasteiger partial charge in [-0.3, -0.25) is 0 Å². The lowest BCUT2D eigenvalue weighted by atomic mass is 10.2. The molecular weight excluding hydrogens is 269 g/mol. The quantitative estimate of drug-likeness (QED) is 0.835. The summed E-state index contributed by atoms with van der Waals surface area (Å²) in [4.78, 5) is 0. The van der Waals surface area contributed by atoms with Crippen LogP contribution in [0.2, 0.25) is 0 Å². The summed E-state index contributed by atoms with van der Waals surface area (Å²) in [6, 6.07) is 9.78. The third kappa shape index (κ3) is 3.14. The molecule has 2 rings (SSSR count). The normalized spacial score (nSPS) is 11.2. The van der Waals surface area contributed by atoms with Crippen molar-refractivity contribution in [2.24, 2.45) is 0 Å². The molecule has 6 heteroatoms. The number of nitrogen functional groups attached to an aromatic ring is 1. The van der Waals surface area contributed by atoms with Crippen LogP contribution in [0.3, 0.4) is 0 Å². The Hall–Kier alpha value is -2.37. The van der Waals surface area contributed by atoms with Gasteiger partial charge in [-0.2, -0.15) is 13.2 Å². The highest BCUT2D eigenvalue weighted by molar-refractivity contribution is 5.73. The Morgan fingerprint density at radius 3 is 2.20 bits per heavy atom. The van der Waals surface area contributed by atoms with Crippen molar-refractivity contribution in [3.63, 3.8) is 0 Å². The van der Waals surface area contributed by atoms with Gasteiger partial charge in [0, 0.05) is 11.8 Å². The van der Waals surface area contributed by atoms with Gasteiger partial charge in [-0.15, -0.1) is 0 Å². The van der Waals surface area contributed by atoms with Crippen molar-refractivity contribution >= 4 is 17.1 Å². The molecule has 0 amide bonds. The molecule has 20 heavy (non-hydrogen) atoms. The fraction of sp³-hybridized carbons (Fsp3) is 0.143. The number of rotatable bonds is 3. The molecule has 0 bridgehead atoms. The minimum absolute atomic E-state index is 0.448. The lowest BCUT2D eigenvalue weighted by Gasteiger charge is -2.12. The van der Waals surface area contributed by atoms with E-state index in [0.29, 0.717) is 22.8 Å². The molecule has 2 aromatic rings. The van der Waals surface area contributed by atoms with Crippen LogP contribution in [-0.2, 0) is 6.18 Å². The van der Waals surface area contributed by atoms with Crippen LogP contribution >= 0.6 is 0 Å². The Morgan fingerprint density at radius 1 is 1.05 bits per heavy atom. The number of anilines is 3. The summed E-state index contributed by atoms with van der Waals surface area (Å²) >= 11 is 0. The number of nitrogens with one attached hydrogen (secondary N) is 1. The molecule has 0 aliphatic heterocycles. The van der Waals surface area contributed by atoms with Crippen molar-refractivity contribution in [2.75, 3.05) is 18.2 Å². The van der Waals surface area contributed by atoms with E-state index in [-0.39, 0.29) is 0 Å². The van der Waals surface area contributed by atoms with E-state index in [2.05, 4.69) is 5.32 Å². The average Bonchev–Trinajstić information content (AvgIpc) is 2.40. The van der Waals surface area contributed by atoms with Crippen LogP contribution in [0.4, 0.5) is 30.2 Å². The molecular formula is C14H13F3N2O. The molecule has 0 fully saturated rings. The Labute approximate surface area is 114 Å². The topological polar surface area (TPSA) is 47.3 Å². The van der Waals surface area contributed by atoms with Crippen LogP contribution in [-0.4, -0.2) is 7.11 Å². The van der Waals surface area contributed by atoms with Gasteiger partial charge < -0.3 is 15.8 Å². The number of nitrogens with two attached hydrogens (primary N) is 1. The Kier molecular flexibility index (Phi) is 3.74. The zero-order chi connectivity index (χ0) is 14.8. The van der Waals surface area contributed by atoms with Gasteiger partial charge in [-0.1, -0.05) is 0 Å². The number of hydrogen-bond donors (Lipinski definition) is 2. The van der Waals surface area contributed by atoms with Crippen LogP contribution in [0.5, 0.6) is 5.75 Å². The summed E-state index contributed by atoms with van der Waals surface area (Å²) in [5, 5.41) is 2.95. The smallest absolute Gasteiger partial charge is 0.416 e. The summed E-state index contributed by atoms with van der Waals surface area (Å²) in [5.41, 5.74) is 6.71. The molecule has 0 radical (unpaired) electrons. The zero-order valence-electron chi connectivity index (χ0n) is 10.7. The fourth-order valence-corrected chi connectivity index (χ4v) is 1.68. The maximum absolute atomic E-state index is 12.4. The van der Waals surface area contributed by atoms with E-state index in [0.717, 1.165) is 12.1 Å². The van der Waals surface area contributed by atoms with Crippen molar-refractivity contribution in [1.82, 2.24) is 0 Å². The molecule has 0 aliphatic carbocycles. The van der Waals surface area contributed by atoms with Crippen LogP contribution in [0.25, 0.3) is 0 Å². The molecule has 0 heterocycles. The highest BCUT2D eigenvalue weighted by Crippen LogP contribution is 2.31. The first kappa shape index (κ1) is 14.0. The maximum Gasteiger partial charge on any atom is 0.416 e. The molecule has 0 saturated heterocycles. The van der Waals surface area contributed by atoms with Crippen molar-refractivity contribution in [1.29, 1.82) is 0 Å². The van der Waals surface area contributed by atoms with E-state index < -0.39 is 11.7 Å². The average molecular weight is 282 g/mol. The molecule has 0 unspecified atom stereocenters. The number of hydrogen-bond acceptors (Lipinski definition) is 3. The molecule has 0 spiro atoms. The van der Waals surface area contributed by atoms with Gasteiger partial charge in [0.05, 0.1) is 24.0 Å². The van der Waals surface area contributed by atoms with Crippen LogP contribution in [0.1, 0.15) is 5.56 Å². The predicted octanol–water partition coefficient (Wildman–Crippen LogP) is 4.04. The SMILES string of the molecule is COc1ccc(Nc2ccc(C(F)(F)F)cc2)c(N)c1. The molecule has 0 atom stereocenters. The third-order valence-electron chi connectivity index (χ3n) is 2.75. The van der Waals surface area contributed by atoms with E-state index in [9.17, 15) is 13.2 Å². The van der Waals surface area contributed by atoms with Crippen molar-refractivity contribution < 1.29 is 17.9 Å². The van der Waals surface area contributed by atoms with Crippen molar-refractivity contribution in [3.05, 3.63) is 48.0 Å². The van der Waals surface area contributed by atoms with E-state index in [4.69, 9.17) is 10.5 Å². The van der Waals surface area contributed by atoms with Crippen LogP contribution in [0, 0.1) is 0 Å². The summed E-state index contributed by atoms with van der Waals surface area (Å²) in [5.74, 6) is 0.612. The third-order valence-corrected chi connectivity index (χ3v) is 2.75. The number of methoxy groups -OCH3 is 1. The lowest BCUT2D eigenvalue weighted by Crippen LogP contribution is -2.04. The van der Waals surface area contributed by atoms with Gasteiger partial charge >= 0.3 is 6.18 Å². The minimum atomic E-state index is -4.34. The number of ether oxygens (including phenoxy) is 1. The lowest BCUT2D eigenvalue weighted by molar-refractivity contribution is -0.137. The molecule has 106 valence electrons. The van der Waals surface area contributed by atoms with Crippen molar-refractivity contribution in [2.45, 2.75) is 6.18 Å². The monoisotopic (exact) mass is 282 g/mol. The van der Waals surface area contributed by atoms with Crippen molar-refractivity contribution in [3.8, 4) is 5.75 Å². The second-order valence-electron chi connectivity index (χ2n) is 4.15. The molecule has 2 aromatic carbocycles. The van der Waals surface area contributed by atoms with Gasteiger partial charge in [0.1, 0.15) is 5.75 Å². The first-order chi connectivity index (χ1) is 9.40. The van der Waals surface area contributed by atoms with Crippen LogP contribution in [0.15, 0.2) is 42.5 Å². The maximum atomic E-state index is 12.4. The van der Waals surface area contributed by atoms with Gasteiger partial charge in [-0.05, 0) is 36.4 Å². The molecule has 0 aliphatic rings. The van der Waals surface area contributed by atoms with Gasteiger partial charge in [0.2, 0.25) is 0 Å². The summed E-state index contributed by atoms with van der Waals surface area (Å²) in [6.07, 6.45) is -4.34. The highest BCUT2D eigenvalue weighted by atomic mass is 19.4. The molecule has 0 aromatic heterocycles. The predicted molar refractivity (Wildman–Crippen MR) is 72.1 cm³/mol. The number of halogens is 3. The largest absolute Gasteiger partial charge is 0.497 e. The first-order valence-corrected chi connectivity index (χ1v) is 5.78. The van der Waals surface area contributed by atoms with E-state index in [1.54, 1.807) is 18.2 Å². The Morgan fingerprint density at radius 2 is 1.70 bits per heavy atom. The Balaban J connectivity index is 2.18. The summed E-state index contributed by atoms with van der Waals surface area (Å²) in [7, 11) is 1.53. The fourth-order valence-electron chi connectivity index (χ4n) is 1.68. The van der Waals surface area contributed by atoms with Gasteiger partial charge in [-0.25, -0.2) is 0 Å². The summed E-state index contributed by atoms with van der Waals surface area (Å²) in [6.45, 7) is 0. The van der Waals surface area contributed by atoms with E-state index in [1.807, 2.05) is 0 Å². The van der Waals surface area contributed by atoms with Gasteiger partial charge in [0.15, 0.2) is 0 Å². The molecule has 0 saturated carbocycles. The molecule has 3 N–H and O–H groups in total. The number of alkyl halides is 3. The van der Waals surface area contributed by atoms with Gasteiger partial charge in [0.25, 0.3) is 0 Å².